The van der Waals surface area contributed by atoms with Gasteiger partial charge in [0.2, 0.25) is 0 Å². The molecule has 2 saturated heterocycles. The molecule has 162 valence electrons. The SMILES string of the molecule is CCNC(=NCCC1CCN(C)CC1)NC1CCN(c2cc(Cl)ccc2OC)C1. The Labute approximate surface area is 180 Å². The Morgan fingerprint density at radius 1 is 1.24 bits per heavy atom. The lowest BCUT2D eigenvalue weighted by molar-refractivity contribution is 0.214. The predicted molar refractivity (Wildman–Crippen MR) is 123 cm³/mol. The van der Waals surface area contributed by atoms with Crippen molar-refractivity contribution in [1.29, 1.82) is 0 Å². The van der Waals surface area contributed by atoms with E-state index in [1.807, 2.05) is 18.2 Å². The smallest absolute Gasteiger partial charge is 0.191 e. The fourth-order valence-corrected chi connectivity index (χ4v) is 4.40. The van der Waals surface area contributed by atoms with Crippen LogP contribution in [0, 0.1) is 5.92 Å². The van der Waals surface area contributed by atoms with Crippen LogP contribution in [0.1, 0.15) is 32.6 Å². The number of nitrogens with one attached hydrogen (secondary N) is 2. The first-order chi connectivity index (χ1) is 14.1. The summed E-state index contributed by atoms with van der Waals surface area (Å²) >= 11 is 6.21. The monoisotopic (exact) mass is 421 g/mol. The van der Waals surface area contributed by atoms with Crippen LogP contribution in [0.5, 0.6) is 5.75 Å². The molecule has 1 aromatic rings. The lowest BCUT2D eigenvalue weighted by Gasteiger charge is -2.28. The third-order valence-electron chi connectivity index (χ3n) is 6.00. The zero-order chi connectivity index (χ0) is 20.6. The van der Waals surface area contributed by atoms with Crippen LogP contribution >= 0.6 is 11.6 Å². The molecule has 6 nitrogen and oxygen atoms in total. The minimum Gasteiger partial charge on any atom is -0.495 e. The van der Waals surface area contributed by atoms with Crippen LogP contribution in [0.2, 0.25) is 5.02 Å². The van der Waals surface area contributed by atoms with E-state index in [0.29, 0.717) is 6.04 Å². The van der Waals surface area contributed by atoms with E-state index in [-0.39, 0.29) is 0 Å². The normalized spacial score (nSPS) is 21.4. The maximum atomic E-state index is 6.21. The second kappa shape index (κ2) is 10.9. The quantitative estimate of drug-likeness (QED) is 0.523. The van der Waals surface area contributed by atoms with E-state index in [9.17, 15) is 0 Å². The molecule has 2 fully saturated rings. The standard InChI is InChI=1S/C22H36ClN5O/c1-4-24-22(25-11-7-17-8-12-27(2)13-9-17)26-19-10-14-28(16-19)20-15-18(23)5-6-21(20)29-3/h5-6,15,17,19H,4,7-14,16H2,1-3H3,(H2,24,25,26). The maximum Gasteiger partial charge on any atom is 0.191 e. The molecule has 1 atom stereocenters. The van der Waals surface area contributed by atoms with Gasteiger partial charge in [0.25, 0.3) is 0 Å². The zero-order valence-electron chi connectivity index (χ0n) is 18.1. The van der Waals surface area contributed by atoms with E-state index < -0.39 is 0 Å². The van der Waals surface area contributed by atoms with Gasteiger partial charge in [-0.3, -0.25) is 4.99 Å². The fraction of sp³-hybridized carbons (Fsp3) is 0.682. The first-order valence-electron chi connectivity index (χ1n) is 10.9. The molecule has 2 N–H and O–H groups in total. The van der Waals surface area contributed by atoms with E-state index in [1.54, 1.807) is 7.11 Å². The van der Waals surface area contributed by atoms with Crippen molar-refractivity contribution in [3.05, 3.63) is 23.2 Å². The molecule has 0 radical (unpaired) electrons. The summed E-state index contributed by atoms with van der Waals surface area (Å²) < 4.78 is 5.53. The van der Waals surface area contributed by atoms with E-state index in [4.69, 9.17) is 21.3 Å². The van der Waals surface area contributed by atoms with E-state index in [2.05, 4.69) is 34.4 Å². The minimum atomic E-state index is 0.361. The fourth-order valence-electron chi connectivity index (χ4n) is 4.23. The van der Waals surface area contributed by atoms with Gasteiger partial charge in [0, 0.05) is 37.2 Å². The number of halogens is 1. The molecule has 2 heterocycles. The molecule has 3 rings (SSSR count). The second-order valence-corrected chi connectivity index (χ2v) is 8.62. The van der Waals surface area contributed by atoms with Crippen molar-refractivity contribution >= 4 is 23.2 Å². The average Bonchev–Trinajstić information content (AvgIpc) is 3.18. The summed E-state index contributed by atoms with van der Waals surface area (Å²) in [6.07, 6.45) is 4.85. The number of guanidine groups is 1. The summed E-state index contributed by atoms with van der Waals surface area (Å²) in [6.45, 7) is 8.21. The molecule has 0 spiro atoms. The number of methoxy groups -OCH3 is 1. The van der Waals surface area contributed by atoms with Crippen LogP contribution in [-0.2, 0) is 0 Å². The Balaban J connectivity index is 1.52. The largest absolute Gasteiger partial charge is 0.495 e. The summed E-state index contributed by atoms with van der Waals surface area (Å²) in [5, 5.41) is 7.77. The highest BCUT2D eigenvalue weighted by Crippen LogP contribution is 2.33. The van der Waals surface area contributed by atoms with Gasteiger partial charge in [-0.1, -0.05) is 11.6 Å². The molecule has 0 aromatic heterocycles. The number of piperidine rings is 1. The molecule has 7 heteroatoms. The van der Waals surface area contributed by atoms with Crippen molar-refractivity contribution in [3.63, 3.8) is 0 Å². The second-order valence-electron chi connectivity index (χ2n) is 8.19. The van der Waals surface area contributed by atoms with Crippen molar-refractivity contribution in [3.8, 4) is 5.75 Å². The third kappa shape index (κ3) is 6.41. The van der Waals surface area contributed by atoms with E-state index >= 15 is 0 Å². The number of ether oxygens (including phenoxy) is 1. The van der Waals surface area contributed by atoms with Gasteiger partial charge < -0.3 is 25.2 Å². The molecular weight excluding hydrogens is 386 g/mol. The highest BCUT2D eigenvalue weighted by molar-refractivity contribution is 6.30. The lowest BCUT2D eigenvalue weighted by atomic mass is 9.94. The summed E-state index contributed by atoms with van der Waals surface area (Å²) in [6, 6.07) is 6.16. The molecule has 0 saturated carbocycles. The first kappa shape index (κ1) is 22.0. The Morgan fingerprint density at radius 2 is 2.03 bits per heavy atom. The molecule has 1 unspecified atom stereocenters. The van der Waals surface area contributed by atoms with Crippen molar-refractivity contribution in [1.82, 2.24) is 15.5 Å². The topological polar surface area (TPSA) is 52.1 Å². The maximum absolute atomic E-state index is 6.21. The summed E-state index contributed by atoms with van der Waals surface area (Å²) in [5.41, 5.74) is 1.06. The third-order valence-corrected chi connectivity index (χ3v) is 6.24. The van der Waals surface area contributed by atoms with Crippen LogP contribution in [0.4, 0.5) is 5.69 Å². The summed E-state index contributed by atoms with van der Waals surface area (Å²) in [7, 11) is 3.92. The van der Waals surface area contributed by atoms with Crippen LogP contribution in [0.3, 0.4) is 0 Å². The van der Waals surface area contributed by atoms with Crippen molar-refractivity contribution in [2.45, 2.75) is 38.6 Å². The number of benzene rings is 1. The Kier molecular flexibility index (Phi) is 8.30. The highest BCUT2D eigenvalue weighted by Gasteiger charge is 2.25. The molecule has 1 aromatic carbocycles. The molecule has 2 aliphatic rings. The molecule has 0 bridgehead atoms. The summed E-state index contributed by atoms with van der Waals surface area (Å²) in [4.78, 5) is 9.61. The predicted octanol–water partition coefficient (Wildman–Crippen LogP) is 3.21. The molecular formula is C22H36ClN5O. The Morgan fingerprint density at radius 3 is 2.76 bits per heavy atom. The van der Waals surface area contributed by atoms with Crippen molar-refractivity contribution < 1.29 is 4.74 Å². The number of nitrogens with zero attached hydrogens (tertiary/aromatic N) is 3. The van der Waals surface area contributed by atoms with Crippen molar-refractivity contribution in [2.24, 2.45) is 10.9 Å². The first-order valence-corrected chi connectivity index (χ1v) is 11.3. The average molecular weight is 422 g/mol. The number of rotatable bonds is 7. The van der Waals surface area contributed by atoms with Gasteiger partial charge in [0.1, 0.15) is 5.75 Å². The van der Waals surface area contributed by atoms with Crippen LogP contribution in [0.15, 0.2) is 23.2 Å². The Hall–Kier alpha value is -1.66. The number of aliphatic imine (C=N–C) groups is 1. The van der Waals surface area contributed by atoms with Gasteiger partial charge in [0.05, 0.1) is 12.8 Å². The highest BCUT2D eigenvalue weighted by atomic mass is 35.5. The number of hydrogen-bond donors (Lipinski definition) is 2. The number of anilines is 1. The number of hydrogen-bond acceptors (Lipinski definition) is 4. The Bertz CT molecular complexity index is 675. The van der Waals surface area contributed by atoms with Gasteiger partial charge >= 0.3 is 0 Å². The van der Waals surface area contributed by atoms with Gasteiger partial charge in [0.15, 0.2) is 5.96 Å². The van der Waals surface area contributed by atoms with Crippen LogP contribution < -0.4 is 20.3 Å². The van der Waals surface area contributed by atoms with E-state index in [0.717, 1.165) is 60.9 Å². The van der Waals surface area contributed by atoms with Gasteiger partial charge in [-0.05, 0) is 76.9 Å². The van der Waals surface area contributed by atoms with Crippen LogP contribution in [0.25, 0.3) is 0 Å². The molecule has 2 aliphatic heterocycles. The van der Waals surface area contributed by atoms with Crippen LogP contribution in [-0.4, -0.2) is 70.3 Å². The molecule has 0 aliphatic carbocycles. The van der Waals surface area contributed by atoms with Gasteiger partial charge in [-0.25, -0.2) is 0 Å². The van der Waals surface area contributed by atoms with E-state index in [1.165, 1.54) is 32.4 Å². The zero-order valence-corrected chi connectivity index (χ0v) is 18.8. The summed E-state index contributed by atoms with van der Waals surface area (Å²) in [5.74, 6) is 2.62. The minimum absolute atomic E-state index is 0.361. The van der Waals surface area contributed by atoms with Gasteiger partial charge in [-0.15, -0.1) is 0 Å². The lowest BCUT2D eigenvalue weighted by Crippen LogP contribution is -2.44. The number of likely N-dealkylation sites (tertiary alicyclic amines) is 1. The molecule has 0 amide bonds. The van der Waals surface area contributed by atoms with Crippen molar-refractivity contribution in [2.75, 3.05) is 58.3 Å². The molecule has 29 heavy (non-hydrogen) atoms. The van der Waals surface area contributed by atoms with Gasteiger partial charge in [-0.2, -0.15) is 0 Å².